The highest BCUT2D eigenvalue weighted by atomic mass is 35.5. The van der Waals surface area contributed by atoms with E-state index in [1.165, 1.54) is 0 Å². The van der Waals surface area contributed by atoms with Crippen LogP contribution in [-0.2, 0) is 4.79 Å². The van der Waals surface area contributed by atoms with Gasteiger partial charge in [-0.05, 0) is 25.0 Å². The van der Waals surface area contributed by atoms with E-state index in [-0.39, 0.29) is 17.5 Å². The lowest BCUT2D eigenvalue weighted by atomic mass is 10.1. The van der Waals surface area contributed by atoms with E-state index in [1.807, 2.05) is 0 Å². The molecule has 1 heterocycles. The van der Waals surface area contributed by atoms with E-state index >= 15 is 0 Å². The summed E-state index contributed by atoms with van der Waals surface area (Å²) in [7, 11) is 1.57. The fraction of sp³-hybridized carbons (Fsp3) is 0.385. The molecule has 5 nitrogen and oxygen atoms in total. The van der Waals surface area contributed by atoms with Crippen LogP contribution in [0.25, 0.3) is 0 Å². The Bertz CT molecular complexity index is 519. The SMILES string of the molecule is CNC(=O)C1CCCN1C(=O)c1cccc(Cl)c1N. The van der Waals surface area contributed by atoms with Gasteiger partial charge in [-0.25, -0.2) is 0 Å². The number of nitrogen functional groups attached to an aromatic ring is 1. The van der Waals surface area contributed by atoms with Gasteiger partial charge in [-0.2, -0.15) is 0 Å². The van der Waals surface area contributed by atoms with Gasteiger partial charge in [0, 0.05) is 13.6 Å². The lowest BCUT2D eigenvalue weighted by Gasteiger charge is -2.24. The summed E-state index contributed by atoms with van der Waals surface area (Å²) < 4.78 is 0. The number of carbonyl (C=O) groups is 2. The molecule has 1 aliphatic heterocycles. The van der Waals surface area contributed by atoms with Crippen molar-refractivity contribution in [2.75, 3.05) is 19.3 Å². The van der Waals surface area contributed by atoms with Gasteiger partial charge in [-0.1, -0.05) is 17.7 Å². The predicted octanol–water partition coefficient (Wildman–Crippen LogP) is 1.27. The molecule has 19 heavy (non-hydrogen) atoms. The first-order chi connectivity index (χ1) is 9.06. The molecule has 1 aliphatic rings. The van der Waals surface area contributed by atoms with Crippen molar-refractivity contribution in [1.29, 1.82) is 0 Å². The van der Waals surface area contributed by atoms with Gasteiger partial charge in [-0.3, -0.25) is 9.59 Å². The highest BCUT2D eigenvalue weighted by Gasteiger charge is 2.34. The monoisotopic (exact) mass is 281 g/mol. The number of para-hydroxylation sites is 1. The maximum atomic E-state index is 12.5. The topological polar surface area (TPSA) is 75.4 Å². The molecule has 1 unspecified atom stereocenters. The third-order valence-electron chi connectivity index (χ3n) is 3.35. The summed E-state index contributed by atoms with van der Waals surface area (Å²) in [5.41, 5.74) is 6.44. The number of benzene rings is 1. The van der Waals surface area contributed by atoms with Gasteiger partial charge in [0.1, 0.15) is 6.04 Å². The fourth-order valence-electron chi connectivity index (χ4n) is 2.33. The van der Waals surface area contributed by atoms with Crippen molar-refractivity contribution in [2.45, 2.75) is 18.9 Å². The maximum absolute atomic E-state index is 12.5. The van der Waals surface area contributed by atoms with E-state index < -0.39 is 6.04 Å². The first kappa shape index (κ1) is 13.7. The van der Waals surface area contributed by atoms with Crippen molar-refractivity contribution in [3.63, 3.8) is 0 Å². The van der Waals surface area contributed by atoms with Crippen LogP contribution in [0.5, 0.6) is 0 Å². The Balaban J connectivity index is 2.28. The maximum Gasteiger partial charge on any atom is 0.256 e. The van der Waals surface area contributed by atoms with Gasteiger partial charge in [-0.15, -0.1) is 0 Å². The van der Waals surface area contributed by atoms with E-state index in [0.29, 0.717) is 23.6 Å². The van der Waals surface area contributed by atoms with E-state index in [4.69, 9.17) is 17.3 Å². The lowest BCUT2D eigenvalue weighted by Crippen LogP contribution is -2.45. The summed E-state index contributed by atoms with van der Waals surface area (Å²) >= 11 is 5.92. The van der Waals surface area contributed by atoms with Gasteiger partial charge in [0.05, 0.1) is 16.3 Å². The second-order valence-electron chi connectivity index (χ2n) is 4.47. The van der Waals surface area contributed by atoms with Crippen LogP contribution in [-0.4, -0.2) is 36.3 Å². The summed E-state index contributed by atoms with van der Waals surface area (Å²) in [4.78, 5) is 25.8. The second kappa shape index (κ2) is 5.48. The third-order valence-corrected chi connectivity index (χ3v) is 3.68. The Labute approximate surface area is 116 Å². The van der Waals surface area contributed by atoms with Crippen molar-refractivity contribution in [3.8, 4) is 0 Å². The molecular formula is C13H16ClN3O2. The minimum absolute atomic E-state index is 0.147. The van der Waals surface area contributed by atoms with Gasteiger partial charge >= 0.3 is 0 Å². The van der Waals surface area contributed by atoms with Crippen LogP contribution in [0.2, 0.25) is 5.02 Å². The van der Waals surface area contributed by atoms with Gasteiger partial charge in [0.2, 0.25) is 5.91 Å². The molecule has 0 bridgehead atoms. The number of nitrogens with two attached hydrogens (primary N) is 1. The number of rotatable bonds is 2. The Kier molecular flexibility index (Phi) is 3.95. The molecule has 2 amide bonds. The number of likely N-dealkylation sites (tertiary alicyclic amines) is 1. The third kappa shape index (κ3) is 2.51. The number of halogens is 1. The molecule has 3 N–H and O–H groups in total. The van der Waals surface area contributed by atoms with Crippen LogP contribution in [0.3, 0.4) is 0 Å². The largest absolute Gasteiger partial charge is 0.397 e. The molecule has 1 saturated heterocycles. The van der Waals surface area contributed by atoms with Gasteiger partial charge in [0.25, 0.3) is 5.91 Å². The number of carbonyl (C=O) groups excluding carboxylic acids is 2. The number of hydrogen-bond donors (Lipinski definition) is 2. The average molecular weight is 282 g/mol. The average Bonchev–Trinajstić information content (AvgIpc) is 2.89. The molecular weight excluding hydrogens is 266 g/mol. The Morgan fingerprint density at radius 3 is 2.89 bits per heavy atom. The van der Waals surface area contributed by atoms with E-state index in [1.54, 1.807) is 30.1 Å². The molecule has 0 aliphatic carbocycles. The minimum atomic E-state index is -0.420. The van der Waals surface area contributed by atoms with E-state index in [2.05, 4.69) is 5.32 Å². The zero-order valence-electron chi connectivity index (χ0n) is 10.6. The second-order valence-corrected chi connectivity index (χ2v) is 4.88. The highest BCUT2D eigenvalue weighted by Crippen LogP contribution is 2.26. The number of hydrogen-bond acceptors (Lipinski definition) is 3. The summed E-state index contributed by atoms with van der Waals surface area (Å²) in [6.45, 7) is 0.558. The molecule has 1 fully saturated rings. The van der Waals surface area contributed by atoms with Gasteiger partial charge in [0.15, 0.2) is 0 Å². The van der Waals surface area contributed by atoms with Crippen molar-refractivity contribution in [3.05, 3.63) is 28.8 Å². The molecule has 1 aromatic carbocycles. The summed E-state index contributed by atoms with van der Waals surface area (Å²) in [6, 6.07) is 4.52. The molecule has 1 aromatic rings. The normalized spacial score (nSPS) is 18.4. The summed E-state index contributed by atoms with van der Waals surface area (Å²) in [6.07, 6.45) is 1.48. The Morgan fingerprint density at radius 2 is 2.21 bits per heavy atom. The van der Waals surface area contributed by atoms with Crippen LogP contribution in [0.15, 0.2) is 18.2 Å². The van der Waals surface area contributed by atoms with Crippen molar-refractivity contribution < 1.29 is 9.59 Å². The molecule has 2 rings (SSSR count). The molecule has 0 radical (unpaired) electrons. The van der Waals surface area contributed by atoms with Crippen LogP contribution in [0.4, 0.5) is 5.69 Å². The molecule has 1 atom stereocenters. The van der Waals surface area contributed by atoms with Crippen LogP contribution < -0.4 is 11.1 Å². The first-order valence-electron chi connectivity index (χ1n) is 6.12. The standard InChI is InChI=1S/C13H16ClN3O2/c1-16-12(18)10-6-3-7-17(10)13(19)8-4-2-5-9(14)11(8)15/h2,4-5,10H,3,6-7,15H2,1H3,(H,16,18). The molecule has 0 aromatic heterocycles. The van der Waals surface area contributed by atoms with E-state index in [0.717, 1.165) is 6.42 Å². The number of amides is 2. The Hall–Kier alpha value is -1.75. The number of likely N-dealkylation sites (N-methyl/N-ethyl adjacent to an activating group) is 1. The highest BCUT2D eigenvalue weighted by molar-refractivity contribution is 6.34. The summed E-state index contributed by atoms with van der Waals surface area (Å²) in [5, 5.41) is 2.93. The van der Waals surface area contributed by atoms with Crippen LogP contribution >= 0.6 is 11.6 Å². The smallest absolute Gasteiger partial charge is 0.256 e. The molecule has 0 spiro atoms. The Morgan fingerprint density at radius 1 is 1.47 bits per heavy atom. The minimum Gasteiger partial charge on any atom is -0.397 e. The number of nitrogens with zero attached hydrogens (tertiary/aromatic N) is 1. The van der Waals surface area contributed by atoms with Crippen molar-refractivity contribution in [1.82, 2.24) is 10.2 Å². The number of anilines is 1. The number of nitrogens with one attached hydrogen (secondary N) is 1. The lowest BCUT2D eigenvalue weighted by molar-refractivity contribution is -0.124. The zero-order chi connectivity index (χ0) is 14.0. The van der Waals surface area contributed by atoms with Crippen molar-refractivity contribution in [2.24, 2.45) is 0 Å². The van der Waals surface area contributed by atoms with Crippen LogP contribution in [0, 0.1) is 0 Å². The predicted molar refractivity (Wildman–Crippen MR) is 74.0 cm³/mol. The molecule has 6 heteroatoms. The quantitative estimate of drug-likeness (QED) is 0.802. The van der Waals surface area contributed by atoms with Crippen LogP contribution in [0.1, 0.15) is 23.2 Å². The zero-order valence-corrected chi connectivity index (χ0v) is 11.4. The molecule has 102 valence electrons. The fourth-order valence-corrected chi connectivity index (χ4v) is 2.50. The van der Waals surface area contributed by atoms with Crippen molar-refractivity contribution >= 4 is 29.1 Å². The summed E-state index contributed by atoms with van der Waals surface area (Å²) in [5.74, 6) is -0.391. The van der Waals surface area contributed by atoms with E-state index in [9.17, 15) is 9.59 Å². The van der Waals surface area contributed by atoms with Gasteiger partial charge < -0.3 is 16.0 Å². The molecule has 0 saturated carbocycles. The first-order valence-corrected chi connectivity index (χ1v) is 6.50.